The predicted molar refractivity (Wildman–Crippen MR) is 155 cm³/mol. The molecule has 0 aromatic heterocycles. The van der Waals surface area contributed by atoms with Crippen LogP contribution in [0.25, 0.3) is 0 Å². The van der Waals surface area contributed by atoms with Gasteiger partial charge in [-0.15, -0.1) is 0 Å². The smallest absolute Gasteiger partial charge is 0.245 e. The average molecular weight is 553 g/mol. The lowest BCUT2D eigenvalue weighted by molar-refractivity contribution is -0.138. The van der Waals surface area contributed by atoms with Gasteiger partial charge in [-0.05, 0) is 48.1 Å². The molecule has 0 bridgehead atoms. The Morgan fingerprint density at radius 3 is 2.28 bits per heavy atom. The number of benzene rings is 2. The number of anilines is 1. The number of carbonyl (C=O) groups is 3. The van der Waals surface area contributed by atoms with Gasteiger partial charge in [-0.3, -0.25) is 19.3 Å². The molecule has 1 saturated carbocycles. The van der Waals surface area contributed by atoms with Crippen LogP contribution in [0.3, 0.4) is 0 Å². The summed E-state index contributed by atoms with van der Waals surface area (Å²) in [4.78, 5) is 42.4. The molecule has 0 spiro atoms. The first-order valence-corrected chi connectivity index (χ1v) is 14.7. The molecule has 2 N–H and O–H groups in total. The monoisotopic (exact) mass is 552 g/mol. The highest BCUT2D eigenvalue weighted by Gasteiger charge is 2.29. The summed E-state index contributed by atoms with van der Waals surface area (Å²) < 4.78 is 0. The third-order valence-electron chi connectivity index (χ3n) is 7.87. The fourth-order valence-electron chi connectivity index (χ4n) is 5.54. The molecule has 1 atom stereocenters. The van der Waals surface area contributed by atoms with E-state index in [2.05, 4.69) is 15.5 Å². The number of amides is 3. The number of rotatable bonds is 10. The van der Waals surface area contributed by atoms with Crippen LogP contribution in [0.4, 0.5) is 5.69 Å². The van der Waals surface area contributed by atoms with Gasteiger partial charge in [0, 0.05) is 62.7 Å². The topological polar surface area (TPSA) is 81.8 Å². The predicted octanol–water partition coefficient (Wildman–Crippen LogP) is 5.03. The Bertz CT molecular complexity index is 1110. The van der Waals surface area contributed by atoms with Gasteiger partial charge < -0.3 is 15.5 Å². The van der Waals surface area contributed by atoms with E-state index in [0.29, 0.717) is 38.3 Å². The summed E-state index contributed by atoms with van der Waals surface area (Å²) in [6.07, 6.45) is 7.30. The van der Waals surface area contributed by atoms with Crippen LogP contribution in [-0.2, 0) is 27.3 Å². The zero-order chi connectivity index (χ0) is 27.6. The van der Waals surface area contributed by atoms with Gasteiger partial charge in [0.15, 0.2) is 0 Å². The molecule has 2 aliphatic rings. The Morgan fingerprint density at radius 2 is 1.62 bits per heavy atom. The fourth-order valence-corrected chi connectivity index (χ4v) is 5.73. The normalized spacial score (nSPS) is 17.4. The SMILES string of the molecule is CCC(=O)N[C@H](Cc1ccc(NC(=O)CC2CCCCC2)cc1)C(=O)N1CCN(Cc2ccccc2Cl)CC1. The molecule has 1 aliphatic heterocycles. The zero-order valence-corrected chi connectivity index (χ0v) is 23.7. The standard InChI is InChI=1S/C31H41ClN4O3/c1-2-29(37)34-28(31(39)36-18-16-35(17-19-36)22-25-10-6-7-11-27(25)32)20-24-12-14-26(15-13-24)33-30(38)21-23-8-4-3-5-9-23/h6-7,10-15,23,28H,2-5,8-9,16-22H2,1H3,(H,33,38)(H,34,37)/t28-/m1/s1. The second-order valence-electron chi connectivity index (χ2n) is 10.8. The van der Waals surface area contributed by atoms with Crippen molar-refractivity contribution in [3.63, 3.8) is 0 Å². The van der Waals surface area contributed by atoms with Gasteiger partial charge in [0.2, 0.25) is 17.7 Å². The van der Waals surface area contributed by atoms with Crippen LogP contribution in [0.1, 0.15) is 63.0 Å². The maximum atomic E-state index is 13.5. The van der Waals surface area contributed by atoms with E-state index < -0.39 is 6.04 Å². The molecule has 7 nitrogen and oxygen atoms in total. The van der Waals surface area contributed by atoms with E-state index in [4.69, 9.17) is 11.6 Å². The maximum Gasteiger partial charge on any atom is 0.245 e. The number of piperazine rings is 1. The van der Waals surface area contributed by atoms with E-state index in [1.54, 1.807) is 6.92 Å². The lowest BCUT2D eigenvalue weighted by atomic mass is 9.87. The number of nitrogens with zero attached hydrogens (tertiary/aromatic N) is 2. The molecule has 1 saturated heterocycles. The van der Waals surface area contributed by atoms with Crippen molar-refractivity contribution >= 4 is 35.0 Å². The van der Waals surface area contributed by atoms with Crippen molar-refractivity contribution in [1.82, 2.24) is 15.1 Å². The molecule has 4 rings (SSSR count). The molecule has 39 heavy (non-hydrogen) atoms. The fraction of sp³-hybridized carbons (Fsp3) is 0.516. The first kappa shape index (κ1) is 29.1. The highest BCUT2D eigenvalue weighted by atomic mass is 35.5. The molecule has 0 radical (unpaired) electrons. The van der Waals surface area contributed by atoms with Gasteiger partial charge in [0.05, 0.1) is 0 Å². The molecule has 2 aromatic carbocycles. The number of hydrogen-bond acceptors (Lipinski definition) is 4. The van der Waals surface area contributed by atoms with Gasteiger partial charge in [0.25, 0.3) is 0 Å². The molecule has 3 amide bonds. The van der Waals surface area contributed by atoms with Crippen LogP contribution in [0.15, 0.2) is 48.5 Å². The van der Waals surface area contributed by atoms with Crippen LogP contribution in [0.5, 0.6) is 0 Å². The third kappa shape index (κ3) is 8.80. The van der Waals surface area contributed by atoms with E-state index in [9.17, 15) is 14.4 Å². The van der Waals surface area contributed by atoms with E-state index in [1.807, 2.05) is 53.4 Å². The van der Waals surface area contributed by atoms with E-state index in [-0.39, 0.29) is 17.7 Å². The van der Waals surface area contributed by atoms with Crippen LogP contribution in [-0.4, -0.2) is 59.7 Å². The highest BCUT2D eigenvalue weighted by molar-refractivity contribution is 6.31. The van der Waals surface area contributed by atoms with Crippen molar-refractivity contribution in [2.45, 2.75) is 70.9 Å². The van der Waals surface area contributed by atoms with Crippen LogP contribution in [0, 0.1) is 5.92 Å². The Labute approximate surface area is 237 Å². The molecule has 210 valence electrons. The summed E-state index contributed by atoms with van der Waals surface area (Å²) in [6.45, 7) is 5.25. The average Bonchev–Trinajstić information content (AvgIpc) is 2.95. The van der Waals surface area contributed by atoms with Crippen molar-refractivity contribution in [2.24, 2.45) is 5.92 Å². The van der Waals surface area contributed by atoms with Gasteiger partial charge in [-0.25, -0.2) is 0 Å². The molecule has 8 heteroatoms. The minimum Gasteiger partial charge on any atom is -0.344 e. The van der Waals surface area contributed by atoms with Crippen molar-refractivity contribution in [2.75, 3.05) is 31.5 Å². The second-order valence-corrected chi connectivity index (χ2v) is 11.2. The summed E-state index contributed by atoms with van der Waals surface area (Å²) in [5.41, 5.74) is 2.78. The van der Waals surface area contributed by atoms with E-state index in [0.717, 1.165) is 54.3 Å². The van der Waals surface area contributed by atoms with E-state index >= 15 is 0 Å². The minimum atomic E-state index is -0.626. The van der Waals surface area contributed by atoms with Crippen LogP contribution >= 0.6 is 11.6 Å². The summed E-state index contributed by atoms with van der Waals surface area (Å²) in [5.74, 6) is 0.355. The molecule has 0 unspecified atom stereocenters. The second kappa shape index (κ2) is 14.5. The Kier molecular flexibility index (Phi) is 10.8. The van der Waals surface area contributed by atoms with Gasteiger partial charge in [-0.2, -0.15) is 0 Å². The molecule has 1 heterocycles. The van der Waals surface area contributed by atoms with Crippen LogP contribution < -0.4 is 10.6 Å². The lowest BCUT2D eigenvalue weighted by Crippen LogP contribution is -2.55. The van der Waals surface area contributed by atoms with Crippen molar-refractivity contribution in [3.05, 3.63) is 64.7 Å². The number of halogens is 1. The molecular weight excluding hydrogens is 512 g/mol. The zero-order valence-electron chi connectivity index (χ0n) is 23.0. The first-order valence-electron chi connectivity index (χ1n) is 14.3. The molecule has 2 fully saturated rings. The number of hydrogen-bond donors (Lipinski definition) is 2. The summed E-state index contributed by atoms with van der Waals surface area (Å²) >= 11 is 6.33. The number of nitrogens with one attached hydrogen (secondary N) is 2. The molecule has 1 aliphatic carbocycles. The Hall–Kier alpha value is -2.90. The first-order chi connectivity index (χ1) is 18.9. The van der Waals surface area contributed by atoms with Crippen LogP contribution in [0.2, 0.25) is 5.02 Å². The van der Waals surface area contributed by atoms with Crippen molar-refractivity contribution < 1.29 is 14.4 Å². The third-order valence-corrected chi connectivity index (χ3v) is 8.24. The van der Waals surface area contributed by atoms with Crippen molar-refractivity contribution in [3.8, 4) is 0 Å². The van der Waals surface area contributed by atoms with Gasteiger partial charge in [-0.1, -0.05) is 68.1 Å². The minimum absolute atomic E-state index is 0.0564. The number of carbonyl (C=O) groups excluding carboxylic acids is 3. The summed E-state index contributed by atoms with van der Waals surface area (Å²) in [5, 5.41) is 6.70. The van der Waals surface area contributed by atoms with Gasteiger partial charge >= 0.3 is 0 Å². The summed E-state index contributed by atoms with van der Waals surface area (Å²) in [6, 6.07) is 14.8. The molecular formula is C31H41ClN4O3. The van der Waals surface area contributed by atoms with E-state index in [1.165, 1.54) is 19.3 Å². The quantitative estimate of drug-likeness (QED) is 0.433. The molecule has 2 aromatic rings. The largest absolute Gasteiger partial charge is 0.344 e. The summed E-state index contributed by atoms with van der Waals surface area (Å²) in [7, 11) is 0. The highest BCUT2D eigenvalue weighted by Crippen LogP contribution is 2.26. The lowest BCUT2D eigenvalue weighted by Gasteiger charge is -2.36. The van der Waals surface area contributed by atoms with Gasteiger partial charge in [0.1, 0.15) is 6.04 Å². The van der Waals surface area contributed by atoms with Crippen molar-refractivity contribution in [1.29, 1.82) is 0 Å². The Morgan fingerprint density at radius 1 is 0.923 bits per heavy atom. The Balaban J connectivity index is 1.31. The maximum absolute atomic E-state index is 13.5.